The van der Waals surface area contributed by atoms with Crippen LogP contribution in [0, 0.1) is 0 Å². The molecule has 6 heteroatoms. The van der Waals surface area contributed by atoms with Crippen LogP contribution in [0.1, 0.15) is 12.8 Å². The van der Waals surface area contributed by atoms with Crippen LogP contribution < -0.4 is 11.1 Å². The minimum Gasteiger partial charge on any atom is -0.397 e. The van der Waals surface area contributed by atoms with E-state index < -0.39 is 9.84 Å². The molecule has 0 bridgehead atoms. The topological polar surface area (TPSA) is 85.1 Å². The zero-order valence-electron chi connectivity index (χ0n) is 8.89. The number of hydrogen-bond donors (Lipinski definition) is 2. The van der Waals surface area contributed by atoms with Gasteiger partial charge in [0.2, 0.25) is 0 Å². The summed E-state index contributed by atoms with van der Waals surface area (Å²) in [6, 6.07) is 3.77. The molecule has 2 rings (SSSR count). The Labute approximate surface area is 95.0 Å². The number of nitrogens with two attached hydrogens (primary N) is 1. The molecule has 1 aromatic rings. The molecule has 0 saturated carbocycles. The Morgan fingerprint density at radius 2 is 2.00 bits per heavy atom. The fraction of sp³-hybridized carbons (Fsp3) is 0.500. The summed E-state index contributed by atoms with van der Waals surface area (Å²) in [5, 5.41) is 3.21. The first-order chi connectivity index (χ1) is 7.55. The summed E-state index contributed by atoms with van der Waals surface area (Å²) >= 11 is 0. The molecule has 1 aliphatic rings. The van der Waals surface area contributed by atoms with E-state index >= 15 is 0 Å². The summed E-state index contributed by atoms with van der Waals surface area (Å²) in [4.78, 5) is 4.12. The van der Waals surface area contributed by atoms with Crippen molar-refractivity contribution in [2.45, 2.75) is 18.9 Å². The first kappa shape index (κ1) is 11.2. The highest BCUT2D eigenvalue weighted by molar-refractivity contribution is 7.91. The summed E-state index contributed by atoms with van der Waals surface area (Å²) in [5.41, 5.74) is 6.15. The minimum absolute atomic E-state index is 0.194. The standard InChI is InChI=1S/C10H15N3O2S/c11-8-1-2-10(12-7-8)13-9-3-5-16(14,15)6-4-9/h1-2,7,9H,3-6,11H2,(H,12,13). The van der Waals surface area contributed by atoms with Gasteiger partial charge in [-0.25, -0.2) is 13.4 Å². The summed E-state index contributed by atoms with van der Waals surface area (Å²) in [5.74, 6) is 1.28. The molecular weight excluding hydrogens is 226 g/mol. The lowest BCUT2D eigenvalue weighted by atomic mass is 10.1. The first-order valence-electron chi connectivity index (χ1n) is 5.24. The second-order valence-corrected chi connectivity index (χ2v) is 6.35. The highest BCUT2D eigenvalue weighted by Gasteiger charge is 2.23. The number of hydrogen-bond acceptors (Lipinski definition) is 5. The predicted octanol–water partition coefficient (Wildman–Crippen LogP) is 0.653. The van der Waals surface area contributed by atoms with E-state index in [1.54, 1.807) is 18.3 Å². The highest BCUT2D eigenvalue weighted by Crippen LogP contribution is 2.16. The zero-order valence-corrected chi connectivity index (χ0v) is 9.70. The van der Waals surface area contributed by atoms with E-state index in [1.165, 1.54) is 0 Å². The molecular formula is C10H15N3O2S. The smallest absolute Gasteiger partial charge is 0.150 e. The largest absolute Gasteiger partial charge is 0.397 e. The SMILES string of the molecule is Nc1ccc(NC2CCS(=O)(=O)CC2)nc1. The molecule has 0 radical (unpaired) electrons. The van der Waals surface area contributed by atoms with Gasteiger partial charge >= 0.3 is 0 Å². The van der Waals surface area contributed by atoms with E-state index in [9.17, 15) is 8.42 Å². The van der Waals surface area contributed by atoms with Crippen molar-refractivity contribution in [1.82, 2.24) is 4.98 Å². The molecule has 16 heavy (non-hydrogen) atoms. The van der Waals surface area contributed by atoms with E-state index in [2.05, 4.69) is 10.3 Å². The van der Waals surface area contributed by atoms with Gasteiger partial charge in [-0.15, -0.1) is 0 Å². The molecule has 0 spiro atoms. The maximum absolute atomic E-state index is 11.2. The third-order valence-corrected chi connectivity index (χ3v) is 4.41. The summed E-state index contributed by atoms with van der Waals surface area (Å²) < 4.78 is 22.5. The monoisotopic (exact) mass is 241 g/mol. The number of anilines is 2. The van der Waals surface area contributed by atoms with Crippen LogP contribution in [0.4, 0.5) is 11.5 Å². The molecule has 1 aromatic heterocycles. The van der Waals surface area contributed by atoms with Gasteiger partial charge in [0.1, 0.15) is 15.7 Å². The lowest BCUT2D eigenvalue weighted by Crippen LogP contribution is -2.32. The van der Waals surface area contributed by atoms with Crippen LogP contribution in [-0.4, -0.2) is 30.9 Å². The lowest BCUT2D eigenvalue weighted by Gasteiger charge is -2.23. The molecule has 1 saturated heterocycles. The molecule has 88 valence electrons. The zero-order chi connectivity index (χ0) is 11.6. The quantitative estimate of drug-likeness (QED) is 0.794. The number of sulfone groups is 1. The van der Waals surface area contributed by atoms with Crippen molar-refractivity contribution in [3.8, 4) is 0 Å². The molecule has 0 aliphatic carbocycles. The highest BCUT2D eigenvalue weighted by atomic mass is 32.2. The predicted molar refractivity (Wildman–Crippen MR) is 63.9 cm³/mol. The van der Waals surface area contributed by atoms with Gasteiger partial charge in [-0.2, -0.15) is 0 Å². The second kappa shape index (κ2) is 4.29. The van der Waals surface area contributed by atoms with Crippen molar-refractivity contribution >= 4 is 21.3 Å². The van der Waals surface area contributed by atoms with Crippen molar-refractivity contribution < 1.29 is 8.42 Å². The van der Waals surface area contributed by atoms with Gasteiger partial charge in [-0.05, 0) is 25.0 Å². The van der Waals surface area contributed by atoms with E-state index in [-0.39, 0.29) is 17.5 Å². The molecule has 3 N–H and O–H groups in total. The Morgan fingerprint density at radius 3 is 2.56 bits per heavy atom. The third-order valence-electron chi connectivity index (χ3n) is 2.69. The number of rotatable bonds is 2. The minimum atomic E-state index is -2.80. The van der Waals surface area contributed by atoms with Crippen LogP contribution in [0.5, 0.6) is 0 Å². The van der Waals surface area contributed by atoms with Crippen LogP contribution >= 0.6 is 0 Å². The van der Waals surface area contributed by atoms with Gasteiger partial charge in [-0.3, -0.25) is 0 Å². The first-order valence-corrected chi connectivity index (χ1v) is 7.06. The van der Waals surface area contributed by atoms with E-state index in [0.29, 0.717) is 18.5 Å². The number of pyridine rings is 1. The Kier molecular flexibility index (Phi) is 3.00. The van der Waals surface area contributed by atoms with Gasteiger partial charge in [0.15, 0.2) is 0 Å². The summed E-state index contributed by atoms with van der Waals surface area (Å²) in [7, 11) is -2.80. The molecule has 1 aliphatic heterocycles. The van der Waals surface area contributed by atoms with E-state index in [4.69, 9.17) is 5.73 Å². The number of nitrogens with zero attached hydrogens (tertiary/aromatic N) is 1. The molecule has 0 amide bonds. The van der Waals surface area contributed by atoms with E-state index in [0.717, 1.165) is 5.82 Å². The van der Waals surface area contributed by atoms with Crippen molar-refractivity contribution in [3.63, 3.8) is 0 Å². The fourth-order valence-corrected chi connectivity index (χ4v) is 3.23. The Hall–Kier alpha value is -1.30. The molecule has 0 unspecified atom stereocenters. The van der Waals surface area contributed by atoms with Gasteiger partial charge in [-0.1, -0.05) is 0 Å². The molecule has 0 aromatic carbocycles. The van der Waals surface area contributed by atoms with Gasteiger partial charge in [0.05, 0.1) is 23.4 Å². The van der Waals surface area contributed by atoms with Crippen molar-refractivity contribution in [1.29, 1.82) is 0 Å². The van der Waals surface area contributed by atoms with Crippen molar-refractivity contribution in [3.05, 3.63) is 18.3 Å². The molecule has 0 atom stereocenters. The third kappa shape index (κ3) is 2.85. The average molecular weight is 241 g/mol. The Morgan fingerprint density at radius 1 is 1.31 bits per heavy atom. The lowest BCUT2D eigenvalue weighted by molar-refractivity contribution is 0.559. The number of aromatic nitrogens is 1. The molecule has 1 fully saturated rings. The summed E-state index contributed by atoms with van der Waals surface area (Å²) in [6.45, 7) is 0. The fourth-order valence-electron chi connectivity index (χ4n) is 1.73. The number of nitrogens with one attached hydrogen (secondary N) is 1. The van der Waals surface area contributed by atoms with Crippen LogP contribution in [0.15, 0.2) is 18.3 Å². The maximum Gasteiger partial charge on any atom is 0.150 e. The van der Waals surface area contributed by atoms with Crippen molar-refractivity contribution in [2.75, 3.05) is 22.6 Å². The van der Waals surface area contributed by atoms with Crippen LogP contribution in [0.2, 0.25) is 0 Å². The van der Waals surface area contributed by atoms with E-state index in [1.807, 2.05) is 0 Å². The normalized spacial score (nSPS) is 20.5. The van der Waals surface area contributed by atoms with Gasteiger partial charge in [0.25, 0.3) is 0 Å². The maximum atomic E-state index is 11.2. The Bertz CT molecular complexity index is 441. The van der Waals surface area contributed by atoms with Crippen LogP contribution in [-0.2, 0) is 9.84 Å². The Balaban J connectivity index is 1.94. The molecule has 5 nitrogen and oxygen atoms in total. The summed E-state index contributed by atoms with van der Waals surface area (Å²) in [6.07, 6.45) is 2.88. The van der Waals surface area contributed by atoms with Gasteiger partial charge in [0, 0.05) is 6.04 Å². The average Bonchev–Trinajstić information content (AvgIpc) is 2.24. The van der Waals surface area contributed by atoms with Crippen molar-refractivity contribution in [2.24, 2.45) is 0 Å². The molecule has 2 heterocycles. The number of nitrogen functional groups attached to an aromatic ring is 1. The van der Waals surface area contributed by atoms with Gasteiger partial charge < -0.3 is 11.1 Å². The van der Waals surface area contributed by atoms with Crippen LogP contribution in [0.25, 0.3) is 0 Å². The second-order valence-electron chi connectivity index (χ2n) is 4.05. The van der Waals surface area contributed by atoms with Crippen LogP contribution in [0.3, 0.4) is 0 Å².